The topological polar surface area (TPSA) is 67.6 Å². The van der Waals surface area contributed by atoms with E-state index in [-0.39, 0.29) is 16.2 Å². The predicted molar refractivity (Wildman–Crippen MR) is 82.6 cm³/mol. The zero-order valence-electron chi connectivity index (χ0n) is 12.9. The molecule has 1 aliphatic rings. The third-order valence-electron chi connectivity index (χ3n) is 3.58. The van der Waals surface area contributed by atoms with E-state index in [4.69, 9.17) is 4.74 Å². The molecule has 0 bridgehead atoms. The quantitative estimate of drug-likeness (QED) is 0.667. The number of para-hydroxylation sites is 1. The Kier molecular flexibility index (Phi) is 4.80. The maximum atomic E-state index is 11.2. The smallest absolute Gasteiger partial charge is 0.292 e. The zero-order valence-corrected chi connectivity index (χ0v) is 12.9. The Bertz CT molecular complexity index is 517. The Labute approximate surface area is 125 Å². The van der Waals surface area contributed by atoms with Crippen LogP contribution in [0, 0.1) is 10.1 Å². The van der Waals surface area contributed by atoms with Gasteiger partial charge in [0.1, 0.15) is 5.69 Å². The van der Waals surface area contributed by atoms with Crippen molar-refractivity contribution in [1.29, 1.82) is 0 Å². The van der Waals surface area contributed by atoms with Crippen molar-refractivity contribution in [2.45, 2.75) is 32.9 Å². The first-order valence-corrected chi connectivity index (χ1v) is 7.29. The van der Waals surface area contributed by atoms with Crippen LogP contribution in [0.3, 0.4) is 0 Å². The van der Waals surface area contributed by atoms with Gasteiger partial charge in [-0.15, -0.1) is 0 Å². The minimum atomic E-state index is -0.329. The number of hydrogen-bond donors (Lipinski definition) is 1. The molecule has 0 radical (unpaired) electrons. The molecule has 1 aliphatic heterocycles. The monoisotopic (exact) mass is 293 g/mol. The summed E-state index contributed by atoms with van der Waals surface area (Å²) in [6.07, 6.45) is 0. The molecule has 6 nitrogen and oxygen atoms in total. The molecule has 6 heteroatoms. The number of nitro benzene ring substituents is 1. The van der Waals surface area contributed by atoms with Crippen LogP contribution < -0.4 is 5.32 Å². The lowest BCUT2D eigenvalue weighted by atomic mass is 10.1. The molecule has 0 saturated carbocycles. The van der Waals surface area contributed by atoms with Crippen LogP contribution in [-0.4, -0.2) is 41.7 Å². The third kappa shape index (κ3) is 3.92. The number of nitro groups is 1. The second-order valence-corrected chi connectivity index (χ2v) is 5.92. The van der Waals surface area contributed by atoms with Gasteiger partial charge < -0.3 is 10.1 Å². The molecular weight excluding hydrogens is 270 g/mol. The van der Waals surface area contributed by atoms with Crippen LogP contribution in [0.5, 0.6) is 0 Å². The van der Waals surface area contributed by atoms with Gasteiger partial charge in [0.05, 0.1) is 17.1 Å². The van der Waals surface area contributed by atoms with Crippen molar-refractivity contribution in [1.82, 2.24) is 4.90 Å². The summed E-state index contributed by atoms with van der Waals surface area (Å²) in [5, 5.41) is 14.3. The molecule has 1 saturated heterocycles. The van der Waals surface area contributed by atoms with Crippen LogP contribution in [0.4, 0.5) is 11.4 Å². The highest BCUT2D eigenvalue weighted by Gasteiger charge is 2.28. The van der Waals surface area contributed by atoms with E-state index >= 15 is 0 Å². The number of nitrogens with one attached hydrogen (secondary N) is 1. The average molecular weight is 293 g/mol. The van der Waals surface area contributed by atoms with Gasteiger partial charge in [0.15, 0.2) is 0 Å². The fourth-order valence-corrected chi connectivity index (χ4v) is 2.74. The van der Waals surface area contributed by atoms with Gasteiger partial charge in [0.2, 0.25) is 0 Å². The van der Waals surface area contributed by atoms with Gasteiger partial charge in [-0.2, -0.15) is 0 Å². The van der Waals surface area contributed by atoms with E-state index in [1.54, 1.807) is 12.1 Å². The van der Waals surface area contributed by atoms with Gasteiger partial charge >= 0.3 is 0 Å². The SMILES string of the molecule is CCNc1c(CN2CCOC(C)(C)C2)cccc1[N+](=O)[O-]. The average Bonchev–Trinajstić information content (AvgIpc) is 2.39. The second-order valence-electron chi connectivity index (χ2n) is 5.92. The highest BCUT2D eigenvalue weighted by molar-refractivity contribution is 5.66. The molecule has 0 unspecified atom stereocenters. The molecule has 1 aromatic carbocycles. The Morgan fingerprint density at radius 2 is 2.24 bits per heavy atom. The molecule has 0 spiro atoms. The maximum absolute atomic E-state index is 11.2. The van der Waals surface area contributed by atoms with Crippen molar-refractivity contribution < 1.29 is 9.66 Å². The Hall–Kier alpha value is -1.66. The largest absolute Gasteiger partial charge is 0.380 e. The zero-order chi connectivity index (χ0) is 15.5. The predicted octanol–water partition coefficient (Wildman–Crippen LogP) is 2.64. The molecule has 0 aliphatic carbocycles. The van der Waals surface area contributed by atoms with Crippen LogP contribution in [0.25, 0.3) is 0 Å². The number of morpholine rings is 1. The molecule has 1 fully saturated rings. The standard InChI is InChI=1S/C15H23N3O3/c1-4-16-14-12(6-5-7-13(14)18(19)20)10-17-8-9-21-15(2,3)11-17/h5-7,16H,4,8-11H2,1-3H3. The van der Waals surface area contributed by atoms with Crippen LogP contribution >= 0.6 is 0 Å². The van der Waals surface area contributed by atoms with Crippen molar-refractivity contribution in [3.8, 4) is 0 Å². The molecule has 21 heavy (non-hydrogen) atoms. The number of nitrogens with zero attached hydrogens (tertiary/aromatic N) is 2. The van der Waals surface area contributed by atoms with Gasteiger partial charge in [-0.3, -0.25) is 15.0 Å². The number of hydrogen-bond acceptors (Lipinski definition) is 5. The molecule has 0 atom stereocenters. The first kappa shape index (κ1) is 15.7. The first-order chi connectivity index (χ1) is 9.93. The summed E-state index contributed by atoms with van der Waals surface area (Å²) in [6, 6.07) is 5.25. The first-order valence-electron chi connectivity index (χ1n) is 7.29. The van der Waals surface area contributed by atoms with Gasteiger partial charge in [0, 0.05) is 32.2 Å². The van der Waals surface area contributed by atoms with Crippen LogP contribution in [-0.2, 0) is 11.3 Å². The van der Waals surface area contributed by atoms with Crippen molar-refractivity contribution in [3.63, 3.8) is 0 Å². The van der Waals surface area contributed by atoms with E-state index in [0.717, 1.165) is 18.7 Å². The molecule has 0 amide bonds. The maximum Gasteiger partial charge on any atom is 0.292 e. The van der Waals surface area contributed by atoms with Crippen molar-refractivity contribution in [2.24, 2.45) is 0 Å². The summed E-state index contributed by atoms with van der Waals surface area (Å²) >= 11 is 0. The van der Waals surface area contributed by atoms with Gasteiger partial charge in [-0.1, -0.05) is 12.1 Å². The summed E-state index contributed by atoms with van der Waals surface area (Å²) in [7, 11) is 0. The van der Waals surface area contributed by atoms with E-state index in [9.17, 15) is 10.1 Å². The highest BCUT2D eigenvalue weighted by atomic mass is 16.6. The second kappa shape index (κ2) is 6.41. The third-order valence-corrected chi connectivity index (χ3v) is 3.58. The molecule has 0 aromatic heterocycles. The number of benzene rings is 1. The molecule has 1 aromatic rings. The summed E-state index contributed by atoms with van der Waals surface area (Å²) in [5.74, 6) is 0. The summed E-state index contributed by atoms with van der Waals surface area (Å²) in [4.78, 5) is 13.1. The summed E-state index contributed by atoms with van der Waals surface area (Å²) in [6.45, 7) is 9.79. The van der Waals surface area contributed by atoms with Crippen LogP contribution in [0.1, 0.15) is 26.3 Å². The van der Waals surface area contributed by atoms with E-state index in [1.165, 1.54) is 0 Å². The van der Waals surface area contributed by atoms with E-state index in [2.05, 4.69) is 24.1 Å². The number of anilines is 1. The Morgan fingerprint density at radius 1 is 1.48 bits per heavy atom. The number of rotatable bonds is 5. The van der Waals surface area contributed by atoms with Gasteiger partial charge in [-0.05, 0) is 26.3 Å². The normalized spacial score (nSPS) is 18.4. The van der Waals surface area contributed by atoms with Crippen molar-refractivity contribution in [3.05, 3.63) is 33.9 Å². The van der Waals surface area contributed by atoms with Crippen molar-refractivity contribution >= 4 is 11.4 Å². The minimum absolute atomic E-state index is 0.141. The molecule has 116 valence electrons. The fourth-order valence-electron chi connectivity index (χ4n) is 2.74. The van der Waals surface area contributed by atoms with E-state index in [1.807, 2.05) is 13.0 Å². The molecule has 1 heterocycles. The lowest BCUT2D eigenvalue weighted by Gasteiger charge is -2.38. The van der Waals surface area contributed by atoms with Crippen LogP contribution in [0.15, 0.2) is 18.2 Å². The summed E-state index contributed by atoms with van der Waals surface area (Å²) < 4.78 is 5.71. The Balaban J connectivity index is 2.23. The summed E-state index contributed by atoms with van der Waals surface area (Å²) in [5.41, 5.74) is 1.57. The molecule has 2 rings (SSSR count). The van der Waals surface area contributed by atoms with Crippen LogP contribution in [0.2, 0.25) is 0 Å². The van der Waals surface area contributed by atoms with Gasteiger partial charge in [-0.25, -0.2) is 0 Å². The molecular formula is C15H23N3O3. The lowest BCUT2D eigenvalue weighted by molar-refractivity contribution is -0.384. The minimum Gasteiger partial charge on any atom is -0.380 e. The Morgan fingerprint density at radius 3 is 2.86 bits per heavy atom. The van der Waals surface area contributed by atoms with E-state index < -0.39 is 0 Å². The van der Waals surface area contributed by atoms with Gasteiger partial charge in [0.25, 0.3) is 5.69 Å². The highest BCUT2D eigenvalue weighted by Crippen LogP contribution is 2.30. The lowest BCUT2D eigenvalue weighted by Crippen LogP contribution is -2.47. The van der Waals surface area contributed by atoms with E-state index in [0.29, 0.717) is 25.4 Å². The molecule has 1 N–H and O–H groups in total. The fraction of sp³-hybridized carbons (Fsp3) is 0.600. The van der Waals surface area contributed by atoms with Crippen molar-refractivity contribution in [2.75, 3.05) is 31.6 Å². The number of ether oxygens (including phenoxy) is 1.